The minimum Gasteiger partial charge on any atom is -0.309 e. The molecule has 322 valence electrons. The van der Waals surface area contributed by atoms with Crippen LogP contribution in [-0.4, -0.2) is 32.2 Å². The van der Waals surface area contributed by atoms with Gasteiger partial charge in [0.25, 0.3) is 0 Å². The first-order chi connectivity index (χ1) is 33.0. The Balaban J connectivity index is 0.000000159. The topological polar surface area (TPSA) is 51.9 Å². The first-order valence-corrected chi connectivity index (χ1v) is 22.7. The lowest BCUT2D eigenvalue weighted by Gasteiger charge is -2.14. The number of aryl methyl sites for hydroxylation is 2. The number of para-hydroxylation sites is 5. The van der Waals surface area contributed by atoms with Crippen LogP contribution in [0.4, 0.5) is 0 Å². The molecule has 0 saturated heterocycles. The van der Waals surface area contributed by atoms with E-state index in [9.17, 15) is 0 Å². The quantitative estimate of drug-likeness (QED) is 0.122. The minimum absolute atomic E-state index is 0.511. The second-order valence-electron chi connectivity index (χ2n) is 17.0. The molecule has 0 amide bonds. The molecule has 3 aromatic heterocycles. The SMILES string of the molecule is C=N/C(C)=N\C(=NCc1ccccc1)n1c2ccccc2c2cc(-n3c4ccccc4c4ccccc43)ccc21.Cc1ccccc1-c1cc(-n2c3ccccc3c3ccccc32)ccc1C. The lowest BCUT2D eigenvalue weighted by molar-refractivity contribution is 1.03. The Morgan fingerprint density at radius 1 is 0.418 bits per heavy atom. The van der Waals surface area contributed by atoms with Crippen LogP contribution >= 0.6 is 0 Å². The zero-order valence-electron chi connectivity index (χ0n) is 37.8. The highest BCUT2D eigenvalue weighted by atomic mass is 15.2. The fraction of sp³-hybridized carbons (Fsp3) is 0.0656. The molecule has 6 heteroatoms. The van der Waals surface area contributed by atoms with E-state index >= 15 is 0 Å². The van der Waals surface area contributed by atoms with Crippen LogP contribution in [0.1, 0.15) is 23.6 Å². The van der Waals surface area contributed by atoms with Gasteiger partial charge >= 0.3 is 0 Å². The summed E-state index contributed by atoms with van der Waals surface area (Å²) in [6, 6.07) is 75.2. The van der Waals surface area contributed by atoms with Crippen molar-refractivity contribution in [3.8, 4) is 22.5 Å². The van der Waals surface area contributed by atoms with Crippen LogP contribution in [0.25, 0.3) is 87.9 Å². The molecule has 0 fully saturated rings. The lowest BCUT2D eigenvalue weighted by atomic mass is 9.96. The largest absolute Gasteiger partial charge is 0.309 e. The van der Waals surface area contributed by atoms with Crippen molar-refractivity contribution >= 4 is 83.9 Å². The average Bonchev–Trinajstić information content (AvgIpc) is 4.02. The monoisotopic (exact) mass is 864 g/mol. The maximum atomic E-state index is 4.98. The second-order valence-corrected chi connectivity index (χ2v) is 17.0. The lowest BCUT2D eigenvalue weighted by Crippen LogP contribution is -2.11. The summed E-state index contributed by atoms with van der Waals surface area (Å²) in [6.07, 6.45) is 0. The molecule has 0 aliphatic heterocycles. The number of benzene rings is 9. The van der Waals surface area contributed by atoms with Gasteiger partial charge in [0.1, 0.15) is 5.84 Å². The summed E-state index contributed by atoms with van der Waals surface area (Å²) in [7, 11) is 0. The summed E-state index contributed by atoms with van der Waals surface area (Å²) < 4.78 is 6.87. The van der Waals surface area contributed by atoms with Gasteiger partial charge in [-0.25, -0.2) is 9.98 Å². The van der Waals surface area contributed by atoms with Gasteiger partial charge in [0.05, 0.1) is 39.6 Å². The molecule has 0 bridgehead atoms. The van der Waals surface area contributed by atoms with Crippen molar-refractivity contribution in [3.63, 3.8) is 0 Å². The van der Waals surface area contributed by atoms with Crippen molar-refractivity contribution in [2.75, 3.05) is 0 Å². The molecule has 0 radical (unpaired) electrons. The highest BCUT2D eigenvalue weighted by Crippen LogP contribution is 2.37. The van der Waals surface area contributed by atoms with Gasteiger partial charge in [0.2, 0.25) is 5.96 Å². The number of rotatable bonds is 5. The Morgan fingerprint density at radius 3 is 1.40 bits per heavy atom. The number of nitrogens with zero attached hydrogens (tertiary/aromatic N) is 6. The van der Waals surface area contributed by atoms with Crippen molar-refractivity contribution in [2.45, 2.75) is 27.3 Å². The Kier molecular flexibility index (Phi) is 10.7. The number of aliphatic imine (C=N–C) groups is 3. The molecule has 0 unspecified atom stereocenters. The highest BCUT2D eigenvalue weighted by molar-refractivity contribution is 6.16. The number of aromatic nitrogens is 3. The fourth-order valence-corrected chi connectivity index (χ4v) is 9.71. The first-order valence-electron chi connectivity index (χ1n) is 22.7. The van der Waals surface area contributed by atoms with Crippen LogP contribution in [-0.2, 0) is 6.54 Å². The normalized spacial score (nSPS) is 12.1. The fourth-order valence-electron chi connectivity index (χ4n) is 9.71. The van der Waals surface area contributed by atoms with Crippen molar-refractivity contribution in [1.29, 1.82) is 0 Å². The number of hydrogen-bond acceptors (Lipinski definition) is 1. The number of hydrogen-bond donors (Lipinski definition) is 0. The van der Waals surface area contributed by atoms with Gasteiger partial charge in [0.15, 0.2) is 0 Å². The molecule has 3 heterocycles. The standard InChI is InChI=1S/C35H27N5.C26H21N/c1-24(36-2)38-35(37-23-25-12-4-3-5-13-25)40-33-19-11-8-16-29(33)30-22-26(20-21-34(30)40)39-31-17-9-6-14-27(31)28-15-7-10-18-32(28)39;1-18-9-3-4-10-21(18)24-17-20(16-15-19(24)2)27-25-13-7-5-11-22(25)23-12-6-8-14-26(23)27/h3-22H,2,23H2,1H3;3-17H,1-2H3/b37-35?,38-24-;. The second kappa shape index (κ2) is 17.4. The van der Waals surface area contributed by atoms with E-state index in [1.54, 1.807) is 0 Å². The van der Waals surface area contributed by atoms with Gasteiger partial charge in [-0.05, 0) is 116 Å². The van der Waals surface area contributed by atoms with Gasteiger partial charge in [-0.15, -0.1) is 0 Å². The zero-order chi connectivity index (χ0) is 45.4. The maximum absolute atomic E-state index is 4.98. The van der Waals surface area contributed by atoms with Crippen LogP contribution in [0, 0.1) is 13.8 Å². The predicted molar refractivity (Wildman–Crippen MR) is 285 cm³/mol. The molecule has 12 rings (SSSR count). The molecule has 6 nitrogen and oxygen atoms in total. The van der Waals surface area contributed by atoms with Crippen LogP contribution in [0.3, 0.4) is 0 Å². The third-order valence-electron chi connectivity index (χ3n) is 12.9. The first kappa shape index (κ1) is 41.1. The highest BCUT2D eigenvalue weighted by Gasteiger charge is 2.18. The Labute approximate surface area is 389 Å². The molecule has 0 N–H and O–H groups in total. The molecular formula is C61H48N6. The Bertz CT molecular complexity index is 3790. The Morgan fingerprint density at radius 2 is 0.851 bits per heavy atom. The van der Waals surface area contributed by atoms with E-state index in [0.29, 0.717) is 18.3 Å². The smallest absolute Gasteiger partial charge is 0.232 e. The molecule has 12 aromatic rings. The molecule has 0 aliphatic carbocycles. The van der Waals surface area contributed by atoms with Crippen LogP contribution in [0.2, 0.25) is 0 Å². The van der Waals surface area contributed by atoms with E-state index < -0.39 is 0 Å². The molecule has 0 atom stereocenters. The molecule has 67 heavy (non-hydrogen) atoms. The Hall–Kier alpha value is -8.61. The average molecular weight is 865 g/mol. The predicted octanol–water partition coefficient (Wildman–Crippen LogP) is 15.5. The maximum Gasteiger partial charge on any atom is 0.232 e. The molecule has 0 spiro atoms. The number of fused-ring (bicyclic) bond motifs is 9. The molecule has 0 saturated carbocycles. The van der Waals surface area contributed by atoms with Crippen molar-refractivity contribution in [2.24, 2.45) is 15.0 Å². The van der Waals surface area contributed by atoms with Crippen molar-refractivity contribution < 1.29 is 0 Å². The van der Waals surface area contributed by atoms with Gasteiger partial charge in [0, 0.05) is 43.7 Å². The summed E-state index contributed by atoms with van der Waals surface area (Å²) in [5, 5.41) is 7.38. The third-order valence-corrected chi connectivity index (χ3v) is 12.9. The number of amidine groups is 1. The molecule has 9 aromatic carbocycles. The van der Waals surface area contributed by atoms with Gasteiger partial charge in [-0.3, -0.25) is 4.57 Å². The van der Waals surface area contributed by atoms with Gasteiger partial charge in [-0.1, -0.05) is 152 Å². The van der Waals surface area contributed by atoms with E-state index in [1.165, 1.54) is 71.6 Å². The molecule has 0 aliphatic rings. The van der Waals surface area contributed by atoms with Crippen LogP contribution in [0.5, 0.6) is 0 Å². The van der Waals surface area contributed by atoms with Gasteiger partial charge in [-0.2, -0.15) is 4.99 Å². The van der Waals surface area contributed by atoms with Crippen LogP contribution in [0.15, 0.2) is 227 Å². The summed E-state index contributed by atoms with van der Waals surface area (Å²) in [6.45, 7) is 10.4. The van der Waals surface area contributed by atoms with Crippen LogP contribution < -0.4 is 0 Å². The van der Waals surface area contributed by atoms with Crippen molar-refractivity contribution in [1.82, 2.24) is 13.7 Å². The summed E-state index contributed by atoms with van der Waals surface area (Å²) >= 11 is 0. The van der Waals surface area contributed by atoms with E-state index in [2.05, 4.69) is 233 Å². The molecular weight excluding hydrogens is 817 g/mol. The summed E-state index contributed by atoms with van der Waals surface area (Å²) in [5.41, 5.74) is 15.6. The summed E-state index contributed by atoms with van der Waals surface area (Å²) in [4.78, 5) is 13.8. The van der Waals surface area contributed by atoms with E-state index in [1.807, 2.05) is 25.1 Å². The zero-order valence-corrected chi connectivity index (χ0v) is 37.8. The van der Waals surface area contributed by atoms with E-state index in [-0.39, 0.29) is 0 Å². The third kappa shape index (κ3) is 7.39. The van der Waals surface area contributed by atoms with E-state index in [4.69, 9.17) is 9.98 Å². The van der Waals surface area contributed by atoms with E-state index in [0.717, 1.165) is 33.1 Å². The minimum atomic E-state index is 0.511. The van der Waals surface area contributed by atoms with Crippen molar-refractivity contribution in [3.05, 3.63) is 229 Å². The van der Waals surface area contributed by atoms with Gasteiger partial charge < -0.3 is 9.13 Å². The summed E-state index contributed by atoms with van der Waals surface area (Å²) in [5.74, 6) is 1.16.